The monoisotopic (exact) mass is 451 g/mol. The van der Waals surface area contributed by atoms with Crippen molar-refractivity contribution in [3.8, 4) is 11.4 Å². The van der Waals surface area contributed by atoms with Crippen molar-refractivity contribution in [2.45, 2.75) is 27.2 Å². The number of fused-ring (bicyclic) bond motifs is 1. The Morgan fingerprint density at radius 3 is 2.44 bits per heavy atom. The number of anilines is 1. The summed E-state index contributed by atoms with van der Waals surface area (Å²) in [6.07, 6.45) is 0.480. The number of rotatable bonds is 5. The number of amides is 2. The van der Waals surface area contributed by atoms with Crippen molar-refractivity contribution in [2.75, 3.05) is 11.9 Å². The number of hydrogen-bond donors (Lipinski definition) is 2. The second-order valence-corrected chi connectivity index (χ2v) is 8.43. The van der Waals surface area contributed by atoms with Crippen LogP contribution in [0.25, 0.3) is 16.3 Å². The first-order valence-corrected chi connectivity index (χ1v) is 11.0. The second-order valence-electron chi connectivity index (χ2n) is 7.60. The first-order valence-electron chi connectivity index (χ1n) is 10.1. The van der Waals surface area contributed by atoms with Crippen LogP contribution in [0, 0.1) is 26.6 Å². The van der Waals surface area contributed by atoms with Crippen LogP contribution < -0.4 is 10.6 Å². The number of hydrogen-bond acceptors (Lipinski definition) is 5. The molecule has 0 aliphatic heterocycles. The van der Waals surface area contributed by atoms with Crippen LogP contribution in [0.5, 0.6) is 0 Å². The lowest BCUT2D eigenvalue weighted by atomic mass is 10.1. The highest BCUT2D eigenvalue weighted by molar-refractivity contribution is 7.15. The molecular formula is C23H22FN5O2S. The van der Waals surface area contributed by atoms with E-state index in [-0.39, 0.29) is 12.4 Å². The fraction of sp³-hybridized carbons (Fsp3) is 0.217. The van der Waals surface area contributed by atoms with Crippen LogP contribution >= 0.6 is 11.3 Å². The Bertz CT molecular complexity index is 1290. The number of aromatic nitrogens is 3. The van der Waals surface area contributed by atoms with Gasteiger partial charge in [-0.05, 0) is 56.2 Å². The molecule has 0 aliphatic carbocycles. The summed E-state index contributed by atoms with van der Waals surface area (Å²) in [5, 5.41) is 11.8. The molecule has 2 aromatic carbocycles. The molecule has 0 saturated heterocycles. The summed E-state index contributed by atoms with van der Waals surface area (Å²) in [5.74, 6) is -1.20. The van der Waals surface area contributed by atoms with Gasteiger partial charge in [0.2, 0.25) is 4.96 Å². The van der Waals surface area contributed by atoms with Gasteiger partial charge >= 0.3 is 11.8 Å². The highest BCUT2D eigenvalue weighted by Crippen LogP contribution is 2.22. The average molecular weight is 452 g/mol. The molecule has 0 aliphatic rings. The minimum absolute atomic E-state index is 0.274. The molecule has 2 amide bonds. The standard InChI is InChI=1S/C23H22FN5O2S/c1-13-10-14(2)19(15(3)11-13)26-22(31)21(30)25-9-8-18-12-32-23-27-20(28-29(18)23)16-4-6-17(24)7-5-16/h4-7,10-12H,8-9H2,1-3H3,(H,25,30)(H,26,31). The van der Waals surface area contributed by atoms with Crippen molar-refractivity contribution in [3.05, 3.63) is 70.0 Å². The van der Waals surface area contributed by atoms with Crippen LogP contribution in [0.2, 0.25) is 0 Å². The molecule has 0 fully saturated rings. The number of aryl methyl sites for hydroxylation is 3. The van der Waals surface area contributed by atoms with E-state index in [1.165, 1.54) is 23.5 Å². The van der Waals surface area contributed by atoms with Gasteiger partial charge in [0.1, 0.15) is 5.82 Å². The van der Waals surface area contributed by atoms with Gasteiger partial charge in [0.15, 0.2) is 5.82 Å². The fourth-order valence-corrected chi connectivity index (χ4v) is 4.41. The zero-order valence-electron chi connectivity index (χ0n) is 17.9. The molecule has 4 rings (SSSR count). The average Bonchev–Trinajstić information content (AvgIpc) is 3.32. The third kappa shape index (κ3) is 4.52. The third-order valence-electron chi connectivity index (χ3n) is 5.04. The first-order chi connectivity index (χ1) is 15.3. The number of halogens is 1. The summed E-state index contributed by atoms with van der Waals surface area (Å²) in [6, 6.07) is 9.91. The van der Waals surface area contributed by atoms with Crippen LogP contribution in [0.3, 0.4) is 0 Å². The van der Waals surface area contributed by atoms with Gasteiger partial charge in [-0.15, -0.1) is 16.4 Å². The van der Waals surface area contributed by atoms with Crippen molar-refractivity contribution in [2.24, 2.45) is 0 Å². The maximum atomic E-state index is 13.1. The normalized spacial score (nSPS) is 11.0. The summed E-state index contributed by atoms with van der Waals surface area (Å²) in [7, 11) is 0. The van der Waals surface area contributed by atoms with Crippen molar-refractivity contribution >= 4 is 33.8 Å². The Labute approximate surface area is 188 Å². The van der Waals surface area contributed by atoms with Gasteiger partial charge < -0.3 is 10.6 Å². The van der Waals surface area contributed by atoms with E-state index in [4.69, 9.17) is 0 Å². The van der Waals surface area contributed by atoms with Crippen molar-refractivity contribution < 1.29 is 14.0 Å². The Hall–Kier alpha value is -3.59. The maximum absolute atomic E-state index is 13.1. The summed E-state index contributed by atoms with van der Waals surface area (Å²) >= 11 is 1.43. The van der Waals surface area contributed by atoms with Gasteiger partial charge in [0.25, 0.3) is 0 Å². The zero-order valence-corrected chi connectivity index (χ0v) is 18.7. The molecule has 0 bridgehead atoms. The van der Waals surface area contributed by atoms with Gasteiger partial charge in [0.05, 0.1) is 5.69 Å². The minimum atomic E-state index is -0.699. The number of nitrogens with one attached hydrogen (secondary N) is 2. The van der Waals surface area contributed by atoms with E-state index in [0.29, 0.717) is 22.9 Å². The molecule has 2 aromatic heterocycles. The lowest BCUT2D eigenvalue weighted by Gasteiger charge is -2.12. The van der Waals surface area contributed by atoms with Crippen molar-refractivity contribution in [3.63, 3.8) is 0 Å². The summed E-state index contributed by atoms with van der Waals surface area (Å²) in [6.45, 7) is 6.05. The van der Waals surface area contributed by atoms with Crippen LogP contribution in [-0.4, -0.2) is 33.0 Å². The Balaban J connectivity index is 1.37. The van der Waals surface area contributed by atoms with E-state index in [1.54, 1.807) is 16.6 Å². The van der Waals surface area contributed by atoms with Crippen LogP contribution in [0.1, 0.15) is 22.4 Å². The SMILES string of the molecule is Cc1cc(C)c(NC(=O)C(=O)NCCc2csc3nc(-c4ccc(F)cc4)nn23)c(C)c1. The van der Waals surface area contributed by atoms with E-state index < -0.39 is 11.8 Å². The number of carbonyl (C=O) groups is 2. The Kier molecular flexibility index (Phi) is 6.00. The number of nitrogens with zero attached hydrogens (tertiary/aromatic N) is 3. The molecule has 0 spiro atoms. The predicted octanol–water partition coefficient (Wildman–Crippen LogP) is 3.82. The molecule has 0 unspecified atom stereocenters. The van der Waals surface area contributed by atoms with E-state index >= 15 is 0 Å². The molecule has 2 heterocycles. The topological polar surface area (TPSA) is 88.4 Å². The molecule has 164 valence electrons. The summed E-state index contributed by atoms with van der Waals surface area (Å²) < 4.78 is 14.8. The molecule has 4 aromatic rings. The molecule has 0 radical (unpaired) electrons. The molecular weight excluding hydrogens is 429 g/mol. The summed E-state index contributed by atoms with van der Waals surface area (Å²) in [5.41, 5.74) is 5.16. The molecule has 0 saturated carbocycles. The van der Waals surface area contributed by atoms with E-state index in [2.05, 4.69) is 20.7 Å². The van der Waals surface area contributed by atoms with Gasteiger partial charge in [-0.3, -0.25) is 9.59 Å². The number of benzene rings is 2. The lowest BCUT2D eigenvalue weighted by Crippen LogP contribution is -2.36. The largest absolute Gasteiger partial charge is 0.347 e. The van der Waals surface area contributed by atoms with E-state index in [0.717, 1.165) is 27.9 Å². The fourth-order valence-electron chi connectivity index (χ4n) is 3.55. The Morgan fingerprint density at radius 1 is 1.06 bits per heavy atom. The van der Waals surface area contributed by atoms with Gasteiger partial charge in [-0.1, -0.05) is 17.7 Å². The van der Waals surface area contributed by atoms with Gasteiger partial charge in [-0.25, -0.2) is 8.91 Å². The quantitative estimate of drug-likeness (QED) is 0.452. The molecule has 2 N–H and O–H groups in total. The minimum Gasteiger partial charge on any atom is -0.347 e. The lowest BCUT2D eigenvalue weighted by molar-refractivity contribution is -0.136. The first kappa shape index (κ1) is 21.6. The molecule has 32 heavy (non-hydrogen) atoms. The van der Waals surface area contributed by atoms with Gasteiger partial charge in [0, 0.05) is 29.6 Å². The van der Waals surface area contributed by atoms with Crippen LogP contribution in [0.15, 0.2) is 41.8 Å². The van der Waals surface area contributed by atoms with Gasteiger partial charge in [-0.2, -0.15) is 4.98 Å². The number of carbonyl (C=O) groups excluding carboxylic acids is 2. The molecule has 7 nitrogen and oxygen atoms in total. The van der Waals surface area contributed by atoms with E-state index in [1.807, 2.05) is 38.3 Å². The summed E-state index contributed by atoms with van der Waals surface area (Å²) in [4.78, 5) is 29.7. The molecule has 0 atom stereocenters. The smallest absolute Gasteiger partial charge is 0.313 e. The predicted molar refractivity (Wildman–Crippen MR) is 122 cm³/mol. The zero-order chi connectivity index (χ0) is 22.8. The van der Waals surface area contributed by atoms with Crippen molar-refractivity contribution in [1.29, 1.82) is 0 Å². The third-order valence-corrected chi connectivity index (χ3v) is 5.91. The van der Waals surface area contributed by atoms with Crippen LogP contribution in [0.4, 0.5) is 10.1 Å². The van der Waals surface area contributed by atoms with Crippen LogP contribution in [-0.2, 0) is 16.0 Å². The van der Waals surface area contributed by atoms with Crippen molar-refractivity contribution in [1.82, 2.24) is 19.9 Å². The second kappa shape index (κ2) is 8.88. The highest BCUT2D eigenvalue weighted by atomic mass is 32.1. The Morgan fingerprint density at radius 2 is 1.75 bits per heavy atom. The highest BCUT2D eigenvalue weighted by Gasteiger charge is 2.17. The molecule has 9 heteroatoms. The number of thiazole rings is 1. The maximum Gasteiger partial charge on any atom is 0.313 e. The van der Waals surface area contributed by atoms with E-state index in [9.17, 15) is 14.0 Å².